The Morgan fingerprint density at radius 2 is 1.68 bits per heavy atom. The first-order valence-electron chi connectivity index (χ1n) is 10.4. The van der Waals surface area contributed by atoms with Crippen molar-refractivity contribution in [3.05, 3.63) is 60.2 Å². The fourth-order valence-corrected chi connectivity index (χ4v) is 4.56. The fourth-order valence-electron chi connectivity index (χ4n) is 3.47. The maximum absolute atomic E-state index is 12.5. The van der Waals surface area contributed by atoms with Crippen LogP contribution in [0.5, 0.6) is 0 Å². The first-order valence-corrected chi connectivity index (χ1v) is 11.8. The number of sulfonamides is 1. The van der Waals surface area contributed by atoms with Crippen LogP contribution >= 0.6 is 0 Å². The van der Waals surface area contributed by atoms with Crippen molar-refractivity contribution < 1.29 is 18.0 Å². The quantitative estimate of drug-likeness (QED) is 0.642. The third-order valence-electron chi connectivity index (χ3n) is 5.12. The molecule has 0 radical (unpaired) electrons. The van der Waals surface area contributed by atoms with Crippen LogP contribution in [0.25, 0.3) is 0 Å². The fraction of sp³-hybridized carbons (Fsp3) is 0.364. The molecule has 0 saturated carbocycles. The highest BCUT2D eigenvalue weighted by atomic mass is 32.2. The van der Waals surface area contributed by atoms with Crippen molar-refractivity contribution in [2.24, 2.45) is 0 Å². The largest absolute Gasteiger partial charge is 0.368 e. The Morgan fingerprint density at radius 3 is 2.35 bits per heavy atom. The second kappa shape index (κ2) is 10.4. The number of nitrogens with zero attached hydrogens (tertiary/aromatic N) is 2. The molecule has 1 aliphatic heterocycles. The summed E-state index contributed by atoms with van der Waals surface area (Å²) in [6, 6.07) is 15.9. The van der Waals surface area contributed by atoms with Crippen LogP contribution in [0.1, 0.15) is 23.7 Å². The number of hydrogen-bond acceptors (Lipinski definition) is 5. The van der Waals surface area contributed by atoms with E-state index >= 15 is 0 Å². The highest BCUT2D eigenvalue weighted by molar-refractivity contribution is 7.89. The minimum absolute atomic E-state index is 0.00325. The average Bonchev–Trinajstić information content (AvgIpc) is 2.79. The number of benzene rings is 2. The molecule has 2 aromatic carbocycles. The van der Waals surface area contributed by atoms with E-state index < -0.39 is 15.9 Å². The summed E-state index contributed by atoms with van der Waals surface area (Å²) in [6.07, 6.45) is 0.201. The normalized spacial score (nSPS) is 14.4. The van der Waals surface area contributed by atoms with Crippen molar-refractivity contribution in [3.63, 3.8) is 0 Å². The van der Waals surface area contributed by atoms with Crippen molar-refractivity contribution in [1.29, 1.82) is 0 Å². The molecule has 2 aromatic rings. The van der Waals surface area contributed by atoms with Gasteiger partial charge >= 0.3 is 0 Å². The SMILES string of the molecule is CCNS(=O)(=O)c1cccc(C(=O)NCCC(=O)N2CCN(c3ccccc3)CC2)c1. The van der Waals surface area contributed by atoms with Gasteiger partial charge in [0.05, 0.1) is 4.90 Å². The Morgan fingerprint density at radius 1 is 0.968 bits per heavy atom. The molecule has 3 rings (SSSR count). The standard InChI is InChI=1S/C22H28N4O4S/c1-2-24-31(29,30)20-10-6-7-18(17-20)22(28)23-12-11-21(27)26-15-13-25(14-16-26)19-8-4-3-5-9-19/h3-10,17,24H,2,11-16H2,1H3,(H,23,28). The van der Waals surface area contributed by atoms with Gasteiger partial charge in [-0.15, -0.1) is 0 Å². The van der Waals surface area contributed by atoms with Crippen LogP contribution in [0.15, 0.2) is 59.5 Å². The minimum Gasteiger partial charge on any atom is -0.368 e. The van der Waals surface area contributed by atoms with Gasteiger partial charge in [0.15, 0.2) is 0 Å². The molecule has 0 aliphatic carbocycles. The summed E-state index contributed by atoms with van der Waals surface area (Å²) in [5.74, 6) is -0.410. The van der Waals surface area contributed by atoms with E-state index in [1.165, 1.54) is 18.2 Å². The predicted octanol–water partition coefficient (Wildman–Crippen LogP) is 1.45. The lowest BCUT2D eigenvalue weighted by Crippen LogP contribution is -2.49. The van der Waals surface area contributed by atoms with Gasteiger partial charge in [0.1, 0.15) is 0 Å². The Balaban J connectivity index is 1.46. The van der Waals surface area contributed by atoms with Gasteiger partial charge in [0, 0.05) is 56.9 Å². The van der Waals surface area contributed by atoms with Crippen LogP contribution in [0.4, 0.5) is 5.69 Å². The molecule has 0 atom stereocenters. The van der Waals surface area contributed by atoms with E-state index in [0.717, 1.165) is 18.8 Å². The first-order chi connectivity index (χ1) is 14.9. The number of nitrogens with one attached hydrogen (secondary N) is 2. The Bertz CT molecular complexity index is 1000. The molecule has 31 heavy (non-hydrogen) atoms. The summed E-state index contributed by atoms with van der Waals surface area (Å²) in [4.78, 5) is 29.0. The summed E-state index contributed by atoms with van der Waals surface area (Å²) in [5, 5.41) is 2.70. The summed E-state index contributed by atoms with van der Waals surface area (Å²) in [7, 11) is -3.63. The average molecular weight is 445 g/mol. The molecule has 2 amide bonds. The van der Waals surface area contributed by atoms with Crippen LogP contribution in [-0.4, -0.2) is 64.4 Å². The second-order valence-electron chi connectivity index (χ2n) is 7.24. The lowest BCUT2D eigenvalue weighted by atomic mass is 10.2. The van der Waals surface area contributed by atoms with Crippen LogP contribution in [-0.2, 0) is 14.8 Å². The van der Waals surface area contributed by atoms with E-state index in [2.05, 4.69) is 27.1 Å². The summed E-state index contributed by atoms with van der Waals surface area (Å²) in [5.41, 5.74) is 1.39. The van der Waals surface area contributed by atoms with Crippen molar-refractivity contribution in [1.82, 2.24) is 14.9 Å². The van der Waals surface area contributed by atoms with E-state index in [9.17, 15) is 18.0 Å². The van der Waals surface area contributed by atoms with Crippen LogP contribution < -0.4 is 14.9 Å². The topological polar surface area (TPSA) is 98.8 Å². The van der Waals surface area contributed by atoms with Crippen molar-refractivity contribution in [3.8, 4) is 0 Å². The van der Waals surface area contributed by atoms with Crippen LogP contribution in [0.2, 0.25) is 0 Å². The second-order valence-corrected chi connectivity index (χ2v) is 9.01. The molecule has 0 unspecified atom stereocenters. The summed E-state index contributed by atoms with van der Waals surface area (Å²) in [6.45, 7) is 4.98. The molecule has 1 saturated heterocycles. The maximum atomic E-state index is 12.5. The van der Waals surface area contributed by atoms with E-state index in [0.29, 0.717) is 13.1 Å². The monoisotopic (exact) mass is 444 g/mol. The van der Waals surface area contributed by atoms with E-state index in [1.54, 1.807) is 13.0 Å². The highest BCUT2D eigenvalue weighted by Gasteiger charge is 2.21. The lowest BCUT2D eigenvalue weighted by Gasteiger charge is -2.36. The molecule has 2 N–H and O–H groups in total. The first kappa shape index (κ1) is 22.8. The third kappa shape index (κ3) is 6.05. The number of amides is 2. The van der Waals surface area contributed by atoms with Gasteiger partial charge in [-0.25, -0.2) is 13.1 Å². The lowest BCUT2D eigenvalue weighted by molar-refractivity contribution is -0.131. The van der Waals surface area contributed by atoms with Crippen molar-refractivity contribution >= 4 is 27.5 Å². The number of rotatable bonds is 8. The zero-order chi connectivity index (χ0) is 22.3. The summed E-state index contributed by atoms with van der Waals surface area (Å²) < 4.78 is 26.6. The molecule has 1 fully saturated rings. The minimum atomic E-state index is -3.63. The van der Waals surface area contributed by atoms with Crippen molar-refractivity contribution in [2.45, 2.75) is 18.2 Å². The summed E-state index contributed by atoms with van der Waals surface area (Å²) >= 11 is 0. The molecular weight excluding hydrogens is 416 g/mol. The third-order valence-corrected chi connectivity index (χ3v) is 6.66. The zero-order valence-electron chi connectivity index (χ0n) is 17.6. The predicted molar refractivity (Wildman–Crippen MR) is 119 cm³/mol. The van der Waals surface area contributed by atoms with Gasteiger partial charge in [0.2, 0.25) is 15.9 Å². The highest BCUT2D eigenvalue weighted by Crippen LogP contribution is 2.16. The Hall–Kier alpha value is -2.91. The van der Waals surface area contributed by atoms with Gasteiger partial charge in [-0.3, -0.25) is 9.59 Å². The van der Waals surface area contributed by atoms with Crippen molar-refractivity contribution in [2.75, 3.05) is 44.2 Å². The maximum Gasteiger partial charge on any atom is 0.251 e. The van der Waals surface area contributed by atoms with E-state index in [1.807, 2.05) is 23.1 Å². The zero-order valence-corrected chi connectivity index (χ0v) is 18.4. The number of hydrogen-bond donors (Lipinski definition) is 2. The van der Waals surface area contributed by atoms with Crippen LogP contribution in [0.3, 0.4) is 0 Å². The van der Waals surface area contributed by atoms with Gasteiger partial charge in [0.25, 0.3) is 5.91 Å². The Kier molecular flexibility index (Phi) is 7.64. The van der Waals surface area contributed by atoms with Gasteiger partial charge in [-0.05, 0) is 30.3 Å². The number of piperazine rings is 1. The molecule has 8 nitrogen and oxygen atoms in total. The number of carbonyl (C=O) groups is 2. The molecule has 1 heterocycles. The van der Waals surface area contributed by atoms with Crippen LogP contribution in [0, 0.1) is 0 Å². The molecule has 0 bridgehead atoms. The van der Waals surface area contributed by atoms with E-state index in [4.69, 9.17) is 0 Å². The molecule has 1 aliphatic rings. The van der Waals surface area contributed by atoms with E-state index in [-0.39, 0.29) is 35.9 Å². The van der Waals surface area contributed by atoms with Gasteiger partial charge < -0.3 is 15.1 Å². The molecular formula is C22H28N4O4S. The molecule has 9 heteroatoms. The van der Waals surface area contributed by atoms with Gasteiger partial charge in [-0.1, -0.05) is 31.2 Å². The number of para-hydroxylation sites is 1. The Labute approximate surface area is 183 Å². The molecule has 166 valence electrons. The van der Waals surface area contributed by atoms with Gasteiger partial charge in [-0.2, -0.15) is 0 Å². The number of carbonyl (C=O) groups excluding carboxylic acids is 2. The smallest absolute Gasteiger partial charge is 0.251 e. The molecule has 0 spiro atoms. The molecule has 0 aromatic heterocycles. The number of anilines is 1.